The largest absolute Gasteiger partial charge is 0.330 e. The summed E-state index contributed by atoms with van der Waals surface area (Å²) >= 11 is 1.65. The number of hydrogen-bond acceptors (Lipinski definition) is 4. The third-order valence-corrected chi connectivity index (χ3v) is 9.83. The van der Waals surface area contributed by atoms with Crippen LogP contribution in [0.4, 0.5) is 4.39 Å². The molecule has 1 unspecified atom stereocenters. The van der Waals surface area contributed by atoms with E-state index < -0.39 is 16.1 Å². The molecule has 0 aliphatic carbocycles. The molecule has 8 heteroatoms. The first-order chi connectivity index (χ1) is 16.5. The zero-order valence-electron chi connectivity index (χ0n) is 20.7. The Hall–Kier alpha value is -2.55. The highest BCUT2D eigenvalue weighted by Gasteiger charge is 2.37. The SMILES string of the molecule is Cc1cc(C)c(S(=O)(=O)N(CC(=O)N2CCc3sccc3C2c2ccc(F)cc2)C(C)C)c(C)c1. The van der Waals surface area contributed by atoms with E-state index in [-0.39, 0.29) is 29.2 Å². The molecule has 5 nitrogen and oxygen atoms in total. The lowest BCUT2D eigenvalue weighted by Crippen LogP contribution is -2.48. The van der Waals surface area contributed by atoms with Crippen molar-refractivity contribution in [1.29, 1.82) is 0 Å². The van der Waals surface area contributed by atoms with Gasteiger partial charge in [0.2, 0.25) is 15.9 Å². The second-order valence-corrected chi connectivity index (χ2v) is 12.3. The Kier molecular flexibility index (Phi) is 7.18. The molecule has 0 fully saturated rings. The van der Waals surface area contributed by atoms with Crippen LogP contribution in [0.3, 0.4) is 0 Å². The quantitative estimate of drug-likeness (QED) is 0.443. The normalized spacial score (nSPS) is 16.1. The van der Waals surface area contributed by atoms with Gasteiger partial charge in [0.25, 0.3) is 0 Å². The summed E-state index contributed by atoms with van der Waals surface area (Å²) in [5.41, 5.74) is 4.16. The Morgan fingerprint density at radius 3 is 2.34 bits per heavy atom. The maximum Gasteiger partial charge on any atom is 0.244 e. The minimum absolute atomic E-state index is 0.260. The van der Waals surface area contributed by atoms with Gasteiger partial charge in [-0.1, -0.05) is 29.8 Å². The number of hydrogen-bond donors (Lipinski definition) is 0. The van der Waals surface area contributed by atoms with Crippen molar-refractivity contribution in [3.8, 4) is 0 Å². The first-order valence-electron chi connectivity index (χ1n) is 11.7. The van der Waals surface area contributed by atoms with Gasteiger partial charge in [-0.2, -0.15) is 4.31 Å². The van der Waals surface area contributed by atoms with Gasteiger partial charge >= 0.3 is 0 Å². The van der Waals surface area contributed by atoms with Crippen molar-refractivity contribution in [2.45, 2.75) is 58.0 Å². The van der Waals surface area contributed by atoms with Gasteiger partial charge in [-0.05, 0) is 86.9 Å². The summed E-state index contributed by atoms with van der Waals surface area (Å²) in [5.74, 6) is -0.607. The average Bonchev–Trinajstić information content (AvgIpc) is 3.25. The second kappa shape index (κ2) is 9.84. The Morgan fingerprint density at radius 2 is 1.74 bits per heavy atom. The van der Waals surface area contributed by atoms with Crippen LogP contribution in [0.5, 0.6) is 0 Å². The molecule has 0 N–H and O–H groups in total. The highest BCUT2D eigenvalue weighted by atomic mass is 32.2. The van der Waals surface area contributed by atoms with Crippen LogP contribution in [-0.2, 0) is 21.2 Å². The Labute approximate surface area is 211 Å². The molecule has 0 saturated carbocycles. The first kappa shape index (κ1) is 25.5. The molecular weight excluding hydrogens is 483 g/mol. The number of thiophene rings is 1. The van der Waals surface area contributed by atoms with Crippen molar-refractivity contribution < 1.29 is 17.6 Å². The van der Waals surface area contributed by atoms with Gasteiger partial charge in [0.15, 0.2) is 0 Å². The standard InChI is InChI=1S/C27H31FN2O3S2/c1-17(2)30(35(32,33)27-19(4)14-18(3)15-20(27)5)16-25(31)29-12-10-24-23(11-13-34-24)26(29)21-6-8-22(28)9-7-21/h6-9,11,13-15,17,26H,10,12,16H2,1-5H3. The number of nitrogens with zero attached hydrogens (tertiary/aromatic N) is 2. The topological polar surface area (TPSA) is 57.7 Å². The van der Waals surface area contributed by atoms with Crippen LogP contribution in [0.2, 0.25) is 0 Å². The lowest BCUT2D eigenvalue weighted by Gasteiger charge is -2.38. The van der Waals surface area contributed by atoms with Gasteiger partial charge in [-0.15, -0.1) is 11.3 Å². The predicted octanol–water partition coefficient (Wildman–Crippen LogP) is 5.39. The zero-order chi connectivity index (χ0) is 25.5. The van der Waals surface area contributed by atoms with Crippen molar-refractivity contribution in [2.24, 2.45) is 0 Å². The van der Waals surface area contributed by atoms with E-state index in [9.17, 15) is 17.6 Å². The third-order valence-electron chi connectivity index (χ3n) is 6.51. The van der Waals surface area contributed by atoms with E-state index in [1.807, 2.05) is 30.5 Å². The van der Waals surface area contributed by atoms with Gasteiger partial charge in [0.1, 0.15) is 5.82 Å². The number of halogens is 1. The third kappa shape index (κ3) is 4.92. The van der Waals surface area contributed by atoms with Crippen molar-refractivity contribution in [1.82, 2.24) is 9.21 Å². The molecule has 1 atom stereocenters. The fraction of sp³-hybridized carbons (Fsp3) is 0.370. The van der Waals surface area contributed by atoms with Crippen LogP contribution < -0.4 is 0 Å². The Bertz CT molecular complexity index is 1320. The van der Waals surface area contributed by atoms with Crippen LogP contribution in [-0.4, -0.2) is 42.7 Å². The van der Waals surface area contributed by atoms with E-state index >= 15 is 0 Å². The van der Waals surface area contributed by atoms with E-state index in [1.165, 1.54) is 21.3 Å². The molecule has 2 aromatic carbocycles. The summed E-state index contributed by atoms with van der Waals surface area (Å²) in [4.78, 5) is 16.9. The monoisotopic (exact) mass is 514 g/mol. The highest BCUT2D eigenvalue weighted by Crippen LogP contribution is 2.38. The van der Waals surface area contributed by atoms with E-state index in [1.54, 1.807) is 56.1 Å². The molecule has 0 bridgehead atoms. The fourth-order valence-electron chi connectivity index (χ4n) is 5.05. The molecule has 1 aliphatic rings. The number of carbonyl (C=O) groups excluding carboxylic acids is 1. The Morgan fingerprint density at radius 1 is 1.11 bits per heavy atom. The number of rotatable bonds is 6. The van der Waals surface area contributed by atoms with Crippen LogP contribution in [0.25, 0.3) is 0 Å². The van der Waals surface area contributed by atoms with Crippen molar-refractivity contribution >= 4 is 27.3 Å². The molecule has 2 heterocycles. The molecule has 1 aromatic heterocycles. The summed E-state index contributed by atoms with van der Waals surface area (Å²) in [7, 11) is -3.91. The van der Waals surface area contributed by atoms with Gasteiger partial charge in [0.05, 0.1) is 17.5 Å². The number of fused-ring (bicyclic) bond motifs is 1. The number of amides is 1. The van der Waals surface area contributed by atoms with Crippen LogP contribution in [0.15, 0.2) is 52.7 Å². The van der Waals surface area contributed by atoms with E-state index in [0.29, 0.717) is 24.1 Å². The minimum atomic E-state index is -3.91. The number of carbonyl (C=O) groups is 1. The summed E-state index contributed by atoms with van der Waals surface area (Å²) in [6, 6.07) is 11.1. The second-order valence-electron chi connectivity index (χ2n) is 9.46. The van der Waals surface area contributed by atoms with Crippen molar-refractivity contribution in [3.05, 3.63) is 86.4 Å². The molecule has 1 aliphatic heterocycles. The molecule has 0 saturated heterocycles. The van der Waals surface area contributed by atoms with Gasteiger partial charge in [0, 0.05) is 17.5 Å². The van der Waals surface area contributed by atoms with E-state index in [4.69, 9.17) is 0 Å². The van der Waals surface area contributed by atoms with Crippen LogP contribution >= 0.6 is 11.3 Å². The van der Waals surface area contributed by atoms with Gasteiger partial charge in [-0.3, -0.25) is 4.79 Å². The fourth-order valence-corrected chi connectivity index (χ4v) is 7.96. The van der Waals surface area contributed by atoms with E-state index in [2.05, 4.69) is 0 Å². The lowest BCUT2D eigenvalue weighted by molar-refractivity contribution is -0.133. The first-order valence-corrected chi connectivity index (χ1v) is 14.0. The molecule has 0 spiro atoms. The Balaban J connectivity index is 1.70. The molecule has 3 aromatic rings. The maximum absolute atomic E-state index is 13.8. The van der Waals surface area contributed by atoms with Gasteiger partial charge < -0.3 is 4.90 Å². The number of aryl methyl sites for hydroxylation is 3. The predicted molar refractivity (Wildman–Crippen MR) is 138 cm³/mol. The molecule has 186 valence electrons. The van der Waals surface area contributed by atoms with Crippen LogP contribution in [0.1, 0.15) is 52.6 Å². The molecule has 1 amide bonds. The van der Waals surface area contributed by atoms with Crippen molar-refractivity contribution in [2.75, 3.05) is 13.1 Å². The smallest absolute Gasteiger partial charge is 0.244 e. The summed E-state index contributed by atoms with van der Waals surface area (Å²) < 4.78 is 42.5. The highest BCUT2D eigenvalue weighted by molar-refractivity contribution is 7.89. The lowest BCUT2D eigenvalue weighted by atomic mass is 9.93. The molecule has 35 heavy (non-hydrogen) atoms. The molecule has 4 rings (SSSR count). The molecule has 0 radical (unpaired) electrons. The zero-order valence-corrected chi connectivity index (χ0v) is 22.3. The van der Waals surface area contributed by atoms with Crippen LogP contribution in [0, 0.1) is 26.6 Å². The summed E-state index contributed by atoms with van der Waals surface area (Å²) in [6.45, 7) is 9.31. The molecular formula is C27H31FN2O3S2. The van der Waals surface area contributed by atoms with Crippen molar-refractivity contribution in [3.63, 3.8) is 0 Å². The van der Waals surface area contributed by atoms with E-state index in [0.717, 1.165) is 16.7 Å². The summed E-state index contributed by atoms with van der Waals surface area (Å²) in [5, 5.41) is 2.00. The number of sulfonamides is 1. The van der Waals surface area contributed by atoms with Gasteiger partial charge in [-0.25, -0.2) is 12.8 Å². The number of benzene rings is 2. The minimum Gasteiger partial charge on any atom is -0.330 e. The maximum atomic E-state index is 13.8. The average molecular weight is 515 g/mol. The summed E-state index contributed by atoms with van der Waals surface area (Å²) in [6.07, 6.45) is 0.709.